The highest BCUT2D eigenvalue weighted by Gasteiger charge is 2.47. The van der Waals surface area contributed by atoms with Crippen molar-refractivity contribution >= 4 is 34.7 Å². The van der Waals surface area contributed by atoms with Crippen LogP contribution in [0.5, 0.6) is 0 Å². The Morgan fingerprint density at radius 3 is 2.57 bits per heavy atom. The van der Waals surface area contributed by atoms with Crippen LogP contribution in [0.1, 0.15) is 46.2 Å². The molecule has 0 radical (unpaired) electrons. The number of carbonyl (C=O) groups is 1. The molecule has 10 heteroatoms. The third-order valence-electron chi connectivity index (χ3n) is 5.69. The fourth-order valence-corrected chi connectivity index (χ4v) is 4.52. The number of aromatic nitrogens is 4. The van der Waals surface area contributed by atoms with E-state index in [1.807, 2.05) is 38.9 Å². The number of fused-ring (bicyclic) bond motifs is 2. The highest BCUT2D eigenvalue weighted by molar-refractivity contribution is 7.98. The van der Waals surface area contributed by atoms with E-state index in [9.17, 15) is 9.59 Å². The maximum atomic E-state index is 13.4. The number of pyridine rings is 1. The normalized spacial score (nSPS) is 21.4. The van der Waals surface area contributed by atoms with Crippen LogP contribution in [0.4, 0.5) is 10.5 Å². The van der Waals surface area contributed by atoms with Crippen molar-refractivity contribution in [1.82, 2.24) is 25.1 Å². The Bertz CT molecular complexity index is 1030. The quantitative estimate of drug-likeness (QED) is 0.738. The number of ether oxygens (including phenoxy) is 1. The Morgan fingerprint density at radius 2 is 1.97 bits per heavy atom. The molecule has 0 bridgehead atoms. The molecule has 2 aliphatic rings. The molecular weight excluding hydrogens is 404 g/mol. The summed E-state index contributed by atoms with van der Waals surface area (Å²) in [6, 6.07) is 0.156. The summed E-state index contributed by atoms with van der Waals surface area (Å²) in [6.07, 6.45) is 4.08. The van der Waals surface area contributed by atoms with E-state index in [2.05, 4.69) is 25.1 Å². The molecule has 1 amide bonds. The van der Waals surface area contributed by atoms with Gasteiger partial charge in [0.15, 0.2) is 11.2 Å². The van der Waals surface area contributed by atoms with Crippen LogP contribution in [-0.2, 0) is 11.2 Å². The van der Waals surface area contributed by atoms with Crippen molar-refractivity contribution in [3.05, 3.63) is 15.9 Å². The van der Waals surface area contributed by atoms with Crippen LogP contribution in [0.25, 0.3) is 11.2 Å². The highest BCUT2D eigenvalue weighted by Crippen LogP contribution is 2.37. The van der Waals surface area contributed by atoms with E-state index in [1.165, 1.54) is 11.8 Å². The van der Waals surface area contributed by atoms with E-state index in [-0.39, 0.29) is 23.6 Å². The first-order chi connectivity index (χ1) is 14.2. The van der Waals surface area contributed by atoms with E-state index in [4.69, 9.17) is 4.74 Å². The standard InChI is InChI=1S/C20H28N6O3S/c1-6-11-15(16(27)14-17(21-11)23-24-18(22-14)30-5)25-9-10-26(13-8-7-12(13)25)19(28)29-20(2,3)4/h12-13H,6-10H2,1-5H3,(H,21,23,27)/t12-,13-/m0/s1. The topological polar surface area (TPSA) is 104 Å². The molecule has 4 rings (SSSR count). The first-order valence-corrected chi connectivity index (χ1v) is 11.6. The molecule has 1 saturated carbocycles. The summed E-state index contributed by atoms with van der Waals surface area (Å²) in [5, 5.41) is 8.66. The zero-order valence-corrected chi connectivity index (χ0v) is 18.9. The molecule has 2 aromatic heterocycles. The number of nitrogens with zero attached hydrogens (tertiary/aromatic N) is 5. The molecule has 1 aliphatic carbocycles. The molecule has 3 heterocycles. The predicted octanol–water partition coefficient (Wildman–Crippen LogP) is 2.59. The van der Waals surface area contributed by atoms with E-state index in [1.54, 1.807) is 0 Å². The van der Waals surface area contributed by atoms with Crippen molar-refractivity contribution in [3.8, 4) is 0 Å². The third-order valence-corrected chi connectivity index (χ3v) is 6.23. The largest absolute Gasteiger partial charge is 0.444 e. The van der Waals surface area contributed by atoms with Gasteiger partial charge in [0.1, 0.15) is 11.3 Å². The minimum Gasteiger partial charge on any atom is -0.444 e. The first-order valence-electron chi connectivity index (χ1n) is 10.3. The maximum Gasteiger partial charge on any atom is 0.410 e. The van der Waals surface area contributed by atoms with Crippen molar-refractivity contribution in [3.63, 3.8) is 0 Å². The second-order valence-electron chi connectivity index (χ2n) is 8.71. The summed E-state index contributed by atoms with van der Waals surface area (Å²) in [5.74, 6) is 0. The number of rotatable bonds is 3. The van der Waals surface area contributed by atoms with Gasteiger partial charge in [-0.3, -0.25) is 4.79 Å². The molecule has 162 valence electrons. The van der Waals surface area contributed by atoms with Gasteiger partial charge in [-0.2, -0.15) is 0 Å². The van der Waals surface area contributed by atoms with Crippen LogP contribution in [0.3, 0.4) is 0 Å². The van der Waals surface area contributed by atoms with Gasteiger partial charge in [-0.15, -0.1) is 10.2 Å². The number of piperazine rings is 1. The molecule has 1 aliphatic heterocycles. The first kappa shape index (κ1) is 20.9. The monoisotopic (exact) mass is 432 g/mol. The average Bonchev–Trinajstić information content (AvgIpc) is 2.66. The predicted molar refractivity (Wildman–Crippen MR) is 116 cm³/mol. The number of amides is 1. The number of nitrogens with one attached hydrogen (secondary N) is 1. The van der Waals surface area contributed by atoms with Crippen molar-refractivity contribution in [2.24, 2.45) is 0 Å². The van der Waals surface area contributed by atoms with Gasteiger partial charge in [-0.05, 0) is 46.3 Å². The zero-order valence-electron chi connectivity index (χ0n) is 18.1. The number of thioether (sulfide) groups is 1. The van der Waals surface area contributed by atoms with Crippen LogP contribution in [-0.4, -0.2) is 68.2 Å². The molecular formula is C20H28N6O3S. The lowest BCUT2D eigenvalue weighted by Gasteiger charge is -2.54. The smallest absolute Gasteiger partial charge is 0.410 e. The van der Waals surface area contributed by atoms with Crippen LogP contribution in [0, 0.1) is 0 Å². The van der Waals surface area contributed by atoms with Gasteiger partial charge in [-0.1, -0.05) is 18.7 Å². The fourth-order valence-electron chi connectivity index (χ4n) is 4.21. The molecule has 9 nitrogen and oxygen atoms in total. The van der Waals surface area contributed by atoms with E-state index < -0.39 is 5.60 Å². The van der Waals surface area contributed by atoms with Gasteiger partial charge in [0.25, 0.3) is 0 Å². The molecule has 2 fully saturated rings. The SMILES string of the molecule is CCc1[nH]c2nnc(SC)nc2c(=O)c1N1CCN(C(=O)OC(C)(C)C)[C@H]2CC[C@@H]21. The number of carbonyl (C=O) groups excluding carboxylic acids is 1. The molecule has 1 saturated heterocycles. The van der Waals surface area contributed by atoms with Crippen LogP contribution >= 0.6 is 11.8 Å². The Morgan fingerprint density at radius 1 is 1.23 bits per heavy atom. The zero-order chi connectivity index (χ0) is 21.6. The summed E-state index contributed by atoms with van der Waals surface area (Å²) >= 11 is 1.35. The van der Waals surface area contributed by atoms with Gasteiger partial charge >= 0.3 is 6.09 Å². The van der Waals surface area contributed by atoms with Crippen molar-refractivity contribution in [2.45, 2.75) is 69.8 Å². The van der Waals surface area contributed by atoms with Crippen LogP contribution in [0.2, 0.25) is 0 Å². The van der Waals surface area contributed by atoms with Gasteiger partial charge in [0, 0.05) is 24.8 Å². The van der Waals surface area contributed by atoms with Crippen LogP contribution < -0.4 is 10.3 Å². The Balaban J connectivity index is 1.69. The number of H-pyrrole nitrogens is 1. The summed E-state index contributed by atoms with van der Waals surface area (Å²) in [7, 11) is 0. The van der Waals surface area contributed by atoms with Crippen molar-refractivity contribution in [2.75, 3.05) is 24.2 Å². The molecule has 0 unspecified atom stereocenters. The summed E-state index contributed by atoms with van der Waals surface area (Å²) in [4.78, 5) is 37.8. The van der Waals surface area contributed by atoms with E-state index in [0.29, 0.717) is 41.5 Å². The van der Waals surface area contributed by atoms with Crippen LogP contribution in [0.15, 0.2) is 9.95 Å². The van der Waals surface area contributed by atoms with Crippen molar-refractivity contribution in [1.29, 1.82) is 0 Å². The maximum absolute atomic E-state index is 13.4. The number of aryl methyl sites for hydroxylation is 1. The number of hydrogen-bond donors (Lipinski definition) is 1. The number of aromatic amines is 1. The number of hydrogen-bond acceptors (Lipinski definition) is 8. The fraction of sp³-hybridized carbons (Fsp3) is 0.650. The second kappa shape index (κ2) is 7.72. The second-order valence-corrected chi connectivity index (χ2v) is 9.48. The third kappa shape index (κ3) is 3.61. The Labute approximate surface area is 179 Å². The van der Waals surface area contributed by atoms with E-state index in [0.717, 1.165) is 18.5 Å². The minimum absolute atomic E-state index is 0.0543. The lowest BCUT2D eigenvalue weighted by atomic mass is 9.81. The number of anilines is 1. The van der Waals surface area contributed by atoms with Crippen molar-refractivity contribution < 1.29 is 9.53 Å². The van der Waals surface area contributed by atoms with Gasteiger partial charge in [0.05, 0.1) is 6.04 Å². The Kier molecular flexibility index (Phi) is 5.37. The average molecular weight is 433 g/mol. The van der Waals surface area contributed by atoms with Gasteiger partial charge in [0.2, 0.25) is 10.6 Å². The molecule has 1 N–H and O–H groups in total. The van der Waals surface area contributed by atoms with E-state index >= 15 is 0 Å². The lowest BCUT2D eigenvalue weighted by Crippen LogP contribution is -2.67. The van der Waals surface area contributed by atoms with Gasteiger partial charge < -0.3 is 19.5 Å². The molecule has 2 atom stereocenters. The lowest BCUT2D eigenvalue weighted by molar-refractivity contribution is -0.00449. The highest BCUT2D eigenvalue weighted by atomic mass is 32.2. The molecule has 0 spiro atoms. The summed E-state index contributed by atoms with van der Waals surface area (Å²) < 4.78 is 5.60. The summed E-state index contributed by atoms with van der Waals surface area (Å²) in [6.45, 7) is 8.73. The van der Waals surface area contributed by atoms with Gasteiger partial charge in [-0.25, -0.2) is 9.78 Å². The summed E-state index contributed by atoms with van der Waals surface area (Å²) in [5.41, 5.74) is 1.55. The molecule has 30 heavy (non-hydrogen) atoms. The Hall–Kier alpha value is -2.36. The molecule has 0 aromatic carbocycles. The molecule has 2 aromatic rings. The minimum atomic E-state index is -0.528.